The van der Waals surface area contributed by atoms with E-state index in [-0.39, 0.29) is 35.5 Å². The number of anilines is 1. The standard InChI is InChI=1S/C21H23F2N5O5/c1-8-7-28-16-12(5-13(14(22)15(16)23)9(2)26-27-11(4)29)6-21(17(28)10(3)33-8)18(30)24-20(32)25-19(21)31/h5,8,10,17H,6-7H2,1-4H3,(H,27,29)(H2,24,25,30,31,32)/t8-,10+,17-/m1/s1. The maximum absolute atomic E-state index is 15.5. The molecule has 0 aliphatic carbocycles. The first kappa shape index (κ1) is 22.8. The lowest BCUT2D eigenvalue weighted by atomic mass is 9.66. The number of morpholine rings is 1. The molecule has 10 nitrogen and oxygen atoms in total. The molecule has 176 valence electrons. The van der Waals surface area contributed by atoms with Crippen molar-refractivity contribution >= 4 is 35.2 Å². The second kappa shape index (κ2) is 7.87. The molecule has 0 bridgehead atoms. The lowest BCUT2D eigenvalue weighted by Crippen LogP contribution is -2.75. The maximum atomic E-state index is 15.5. The van der Waals surface area contributed by atoms with Gasteiger partial charge in [-0.15, -0.1) is 0 Å². The third kappa shape index (κ3) is 3.45. The Hall–Kier alpha value is -3.41. The zero-order valence-corrected chi connectivity index (χ0v) is 18.4. The summed E-state index contributed by atoms with van der Waals surface area (Å²) in [4.78, 5) is 50.6. The quantitative estimate of drug-likeness (QED) is 0.337. The molecule has 1 spiro atoms. The summed E-state index contributed by atoms with van der Waals surface area (Å²) >= 11 is 0. The largest absolute Gasteiger partial charge is 0.372 e. The Morgan fingerprint density at radius 1 is 1.18 bits per heavy atom. The SMILES string of the molecule is CC(=O)NN=C(C)c1cc2c(c(F)c1F)N1C[C@@H](C)O[C@@H](C)[C@@H]1C1(C2)C(=O)NC(=O)NC1=O. The van der Waals surface area contributed by atoms with Gasteiger partial charge in [-0.2, -0.15) is 5.10 Å². The first-order valence-corrected chi connectivity index (χ1v) is 10.4. The van der Waals surface area contributed by atoms with Gasteiger partial charge in [-0.25, -0.2) is 19.0 Å². The van der Waals surface area contributed by atoms with Gasteiger partial charge in [-0.3, -0.25) is 25.0 Å². The number of benzene rings is 1. The molecule has 33 heavy (non-hydrogen) atoms. The van der Waals surface area contributed by atoms with Crippen LogP contribution in [0.4, 0.5) is 19.3 Å². The van der Waals surface area contributed by atoms with E-state index in [0.29, 0.717) is 0 Å². The Bertz CT molecular complexity index is 1100. The van der Waals surface area contributed by atoms with Crippen molar-refractivity contribution in [3.63, 3.8) is 0 Å². The fourth-order valence-corrected chi connectivity index (χ4v) is 5.02. The van der Waals surface area contributed by atoms with E-state index in [0.717, 1.165) is 0 Å². The smallest absolute Gasteiger partial charge is 0.328 e. The molecule has 1 aromatic rings. The number of nitrogens with one attached hydrogen (secondary N) is 3. The second-order valence-corrected chi connectivity index (χ2v) is 8.56. The topological polar surface area (TPSA) is 129 Å². The number of hydrogen-bond donors (Lipinski definition) is 3. The van der Waals surface area contributed by atoms with Crippen LogP contribution in [0, 0.1) is 17.0 Å². The molecule has 0 radical (unpaired) electrons. The van der Waals surface area contributed by atoms with Crippen molar-refractivity contribution in [1.82, 2.24) is 16.1 Å². The van der Waals surface area contributed by atoms with Crippen LogP contribution in [-0.4, -0.2) is 54.3 Å². The summed E-state index contributed by atoms with van der Waals surface area (Å²) in [6.45, 7) is 6.08. The Balaban J connectivity index is 1.93. The van der Waals surface area contributed by atoms with E-state index >= 15 is 8.78 Å². The molecule has 0 unspecified atom stereocenters. The number of rotatable bonds is 2. The van der Waals surface area contributed by atoms with Crippen molar-refractivity contribution in [3.05, 3.63) is 28.8 Å². The summed E-state index contributed by atoms with van der Waals surface area (Å²) in [6.07, 6.45) is -1.41. The molecule has 2 saturated heterocycles. The first-order chi connectivity index (χ1) is 15.5. The number of amides is 5. The molecule has 3 N–H and O–H groups in total. The van der Waals surface area contributed by atoms with Gasteiger partial charge >= 0.3 is 6.03 Å². The summed E-state index contributed by atoms with van der Waals surface area (Å²) < 4.78 is 36.5. The van der Waals surface area contributed by atoms with Crippen molar-refractivity contribution in [2.75, 3.05) is 11.4 Å². The van der Waals surface area contributed by atoms with Crippen molar-refractivity contribution in [1.29, 1.82) is 0 Å². The van der Waals surface area contributed by atoms with Crippen LogP contribution in [0.1, 0.15) is 38.8 Å². The van der Waals surface area contributed by atoms with E-state index < -0.39 is 59.1 Å². The van der Waals surface area contributed by atoms with Crippen LogP contribution in [0.5, 0.6) is 0 Å². The number of carbonyl (C=O) groups excluding carboxylic acids is 4. The van der Waals surface area contributed by atoms with Gasteiger partial charge in [0.2, 0.25) is 17.7 Å². The summed E-state index contributed by atoms with van der Waals surface area (Å²) in [5.74, 6) is -4.50. The Morgan fingerprint density at radius 3 is 2.42 bits per heavy atom. The molecule has 5 amide bonds. The minimum absolute atomic E-state index is 0.00277. The molecular weight excluding hydrogens is 440 g/mol. The molecule has 3 heterocycles. The summed E-state index contributed by atoms with van der Waals surface area (Å²) in [7, 11) is 0. The van der Waals surface area contributed by atoms with Crippen LogP contribution in [-0.2, 0) is 25.5 Å². The molecule has 0 aromatic heterocycles. The Kier molecular flexibility index (Phi) is 5.43. The highest BCUT2D eigenvalue weighted by atomic mass is 19.2. The van der Waals surface area contributed by atoms with Gasteiger partial charge in [0, 0.05) is 25.5 Å². The van der Waals surface area contributed by atoms with Gasteiger partial charge in [0.15, 0.2) is 17.0 Å². The molecule has 12 heteroatoms. The maximum Gasteiger partial charge on any atom is 0.328 e. The van der Waals surface area contributed by atoms with Gasteiger partial charge in [-0.1, -0.05) is 0 Å². The van der Waals surface area contributed by atoms with Gasteiger partial charge < -0.3 is 9.64 Å². The van der Waals surface area contributed by atoms with Gasteiger partial charge in [0.25, 0.3) is 0 Å². The van der Waals surface area contributed by atoms with E-state index in [9.17, 15) is 19.2 Å². The van der Waals surface area contributed by atoms with E-state index in [2.05, 4.69) is 21.2 Å². The monoisotopic (exact) mass is 463 g/mol. The second-order valence-electron chi connectivity index (χ2n) is 8.56. The number of halogens is 2. The fourth-order valence-electron chi connectivity index (χ4n) is 5.02. The molecule has 3 atom stereocenters. The van der Waals surface area contributed by atoms with Crippen molar-refractivity contribution in [2.45, 2.75) is 52.4 Å². The predicted octanol–water partition coefficient (Wildman–Crippen LogP) is 0.716. The van der Waals surface area contributed by atoms with Crippen molar-refractivity contribution in [2.24, 2.45) is 10.5 Å². The predicted molar refractivity (Wildman–Crippen MR) is 111 cm³/mol. The zero-order chi connectivity index (χ0) is 24.2. The van der Waals surface area contributed by atoms with Crippen molar-refractivity contribution < 1.29 is 32.7 Å². The van der Waals surface area contributed by atoms with E-state index in [1.807, 2.05) is 0 Å². The van der Waals surface area contributed by atoms with Gasteiger partial charge in [0.1, 0.15) is 0 Å². The minimum Gasteiger partial charge on any atom is -0.372 e. The zero-order valence-electron chi connectivity index (χ0n) is 18.4. The third-order valence-corrected chi connectivity index (χ3v) is 6.24. The van der Waals surface area contributed by atoms with Gasteiger partial charge in [0.05, 0.1) is 29.6 Å². The number of hydrazone groups is 1. The highest BCUT2D eigenvalue weighted by Crippen LogP contribution is 2.48. The van der Waals surface area contributed by atoms with Crippen LogP contribution < -0.4 is 21.0 Å². The van der Waals surface area contributed by atoms with Crippen molar-refractivity contribution in [3.8, 4) is 0 Å². The minimum atomic E-state index is -1.81. The lowest BCUT2D eigenvalue weighted by Gasteiger charge is -2.55. The molecule has 4 rings (SSSR count). The number of carbonyl (C=O) groups is 4. The number of barbiturate groups is 1. The number of ether oxygens (including phenoxy) is 1. The summed E-state index contributed by atoms with van der Waals surface area (Å²) in [5.41, 5.74) is 0.249. The normalized spacial score (nSPS) is 26.4. The average Bonchev–Trinajstić information content (AvgIpc) is 2.71. The molecular formula is C21H23F2N5O5. The average molecular weight is 463 g/mol. The summed E-state index contributed by atoms with van der Waals surface area (Å²) in [6, 6.07) is -0.619. The van der Waals surface area contributed by atoms with Crippen LogP contribution in [0.2, 0.25) is 0 Å². The molecule has 0 saturated carbocycles. The third-order valence-electron chi connectivity index (χ3n) is 6.24. The van der Waals surface area contributed by atoms with Crippen LogP contribution in [0.15, 0.2) is 11.2 Å². The molecule has 2 fully saturated rings. The van der Waals surface area contributed by atoms with Gasteiger partial charge in [-0.05, 0) is 32.4 Å². The summed E-state index contributed by atoms with van der Waals surface area (Å²) in [5, 5.41) is 8.03. The molecule has 1 aromatic carbocycles. The Labute approximate surface area is 187 Å². The molecule has 3 aliphatic heterocycles. The van der Waals surface area contributed by atoms with Crippen LogP contribution in [0.25, 0.3) is 0 Å². The van der Waals surface area contributed by atoms with Crippen LogP contribution in [0.3, 0.4) is 0 Å². The number of fused-ring (bicyclic) bond motifs is 4. The fraction of sp³-hybridized carbons (Fsp3) is 0.476. The number of hydrogen-bond acceptors (Lipinski definition) is 7. The van der Waals surface area contributed by atoms with E-state index in [1.54, 1.807) is 13.8 Å². The Morgan fingerprint density at radius 2 is 1.82 bits per heavy atom. The van der Waals surface area contributed by atoms with E-state index in [1.165, 1.54) is 24.8 Å². The number of urea groups is 1. The highest BCUT2D eigenvalue weighted by Gasteiger charge is 2.63. The molecule has 3 aliphatic rings. The number of nitrogens with zero attached hydrogens (tertiary/aromatic N) is 2. The first-order valence-electron chi connectivity index (χ1n) is 10.4. The van der Waals surface area contributed by atoms with Crippen LogP contribution >= 0.6 is 0 Å². The number of imide groups is 2. The lowest BCUT2D eigenvalue weighted by molar-refractivity contribution is -0.153. The van der Waals surface area contributed by atoms with E-state index in [4.69, 9.17) is 4.74 Å². The highest BCUT2D eigenvalue weighted by molar-refractivity contribution is 6.20.